The van der Waals surface area contributed by atoms with E-state index in [1.165, 1.54) is 6.07 Å². The van der Waals surface area contributed by atoms with Gasteiger partial charge in [0.25, 0.3) is 0 Å². The van der Waals surface area contributed by atoms with E-state index in [2.05, 4.69) is 9.88 Å². The molecule has 136 valence electrons. The van der Waals surface area contributed by atoms with E-state index in [4.69, 9.17) is 0 Å². The number of hydrogen-bond donors (Lipinski definition) is 0. The van der Waals surface area contributed by atoms with Gasteiger partial charge < -0.3 is 14.7 Å². The summed E-state index contributed by atoms with van der Waals surface area (Å²) in [7, 11) is 3.53. The van der Waals surface area contributed by atoms with Crippen molar-refractivity contribution in [3.8, 4) is 0 Å². The monoisotopic (exact) mass is 354 g/mol. The molecule has 6 heteroatoms. The number of pyridine rings is 1. The van der Waals surface area contributed by atoms with E-state index in [0.29, 0.717) is 12.5 Å². The smallest absolute Gasteiger partial charge is 0.320 e. The van der Waals surface area contributed by atoms with E-state index in [-0.39, 0.29) is 23.8 Å². The molecule has 3 atom stereocenters. The van der Waals surface area contributed by atoms with Crippen molar-refractivity contribution in [2.75, 3.05) is 38.6 Å². The molecular weight excluding hydrogens is 331 g/mol. The van der Waals surface area contributed by atoms with E-state index < -0.39 is 0 Å². The van der Waals surface area contributed by atoms with Gasteiger partial charge in [0.15, 0.2) is 0 Å². The first-order chi connectivity index (χ1) is 12.5. The van der Waals surface area contributed by atoms with Crippen molar-refractivity contribution in [3.63, 3.8) is 0 Å². The summed E-state index contributed by atoms with van der Waals surface area (Å²) in [5, 5.41) is 0. The third-order valence-electron chi connectivity index (χ3n) is 5.51. The number of carbonyl (C=O) groups excluding carboxylic acids is 1. The number of rotatable bonds is 2. The number of fused-ring (bicyclic) bond motifs is 1. The number of carbonyl (C=O) groups is 1. The number of nitrogens with zero attached hydrogens (tertiary/aromatic N) is 4. The lowest BCUT2D eigenvalue weighted by Gasteiger charge is -2.32. The van der Waals surface area contributed by atoms with Crippen molar-refractivity contribution in [2.24, 2.45) is 11.8 Å². The summed E-state index contributed by atoms with van der Waals surface area (Å²) in [5.41, 5.74) is 2.03. The number of aromatic nitrogens is 1. The van der Waals surface area contributed by atoms with Gasteiger partial charge in [-0.15, -0.1) is 0 Å². The van der Waals surface area contributed by atoms with Gasteiger partial charge in [0.1, 0.15) is 5.82 Å². The highest BCUT2D eigenvalue weighted by molar-refractivity contribution is 5.75. The van der Waals surface area contributed by atoms with Crippen LogP contribution in [0.2, 0.25) is 0 Å². The van der Waals surface area contributed by atoms with Gasteiger partial charge in [0.2, 0.25) is 0 Å². The van der Waals surface area contributed by atoms with Crippen LogP contribution in [0.5, 0.6) is 0 Å². The highest BCUT2D eigenvalue weighted by Gasteiger charge is 2.49. The van der Waals surface area contributed by atoms with Crippen molar-refractivity contribution in [3.05, 3.63) is 60.2 Å². The van der Waals surface area contributed by atoms with Crippen LogP contribution < -0.4 is 4.90 Å². The maximum atomic E-state index is 13.9. The quantitative estimate of drug-likeness (QED) is 0.832. The molecule has 26 heavy (non-hydrogen) atoms. The van der Waals surface area contributed by atoms with Gasteiger partial charge in [-0.05, 0) is 29.8 Å². The van der Waals surface area contributed by atoms with Gasteiger partial charge in [0, 0.05) is 63.6 Å². The molecule has 2 aromatic rings. The first kappa shape index (κ1) is 16.8. The zero-order chi connectivity index (χ0) is 18.3. The third-order valence-corrected chi connectivity index (χ3v) is 5.51. The second-order valence-electron chi connectivity index (χ2n) is 7.36. The van der Waals surface area contributed by atoms with Crippen LogP contribution in [0.3, 0.4) is 0 Å². The second kappa shape index (κ2) is 6.59. The number of anilines is 1. The first-order valence-corrected chi connectivity index (χ1v) is 8.93. The lowest BCUT2D eigenvalue weighted by Crippen LogP contribution is -2.41. The average molecular weight is 354 g/mol. The molecule has 1 aromatic heterocycles. The van der Waals surface area contributed by atoms with Gasteiger partial charge in [-0.25, -0.2) is 9.18 Å². The van der Waals surface area contributed by atoms with Crippen LogP contribution in [0.15, 0.2) is 48.8 Å². The Bertz CT molecular complexity index is 797. The molecule has 0 bridgehead atoms. The average Bonchev–Trinajstić information content (AvgIpc) is 3.19. The fourth-order valence-electron chi connectivity index (χ4n) is 4.38. The van der Waals surface area contributed by atoms with Crippen LogP contribution in [-0.2, 0) is 0 Å². The Kier molecular flexibility index (Phi) is 4.26. The molecule has 2 amide bonds. The lowest BCUT2D eigenvalue weighted by atomic mass is 9.89. The molecule has 2 fully saturated rings. The van der Waals surface area contributed by atoms with Crippen molar-refractivity contribution in [1.29, 1.82) is 0 Å². The van der Waals surface area contributed by atoms with Crippen molar-refractivity contribution < 1.29 is 9.18 Å². The Labute approximate surface area is 153 Å². The molecule has 0 radical (unpaired) electrons. The molecule has 4 rings (SSSR count). The van der Waals surface area contributed by atoms with E-state index in [1.807, 2.05) is 23.1 Å². The van der Waals surface area contributed by atoms with Gasteiger partial charge in [0.05, 0.1) is 6.04 Å². The highest BCUT2D eigenvalue weighted by atomic mass is 19.1. The Morgan fingerprint density at radius 3 is 2.62 bits per heavy atom. The molecule has 2 saturated heterocycles. The predicted molar refractivity (Wildman–Crippen MR) is 98.4 cm³/mol. The normalized spacial score (nSPS) is 24.7. The van der Waals surface area contributed by atoms with Crippen LogP contribution in [0.25, 0.3) is 0 Å². The Morgan fingerprint density at radius 2 is 1.92 bits per heavy atom. The largest absolute Gasteiger partial charge is 0.371 e. The molecule has 0 unspecified atom stereocenters. The topological polar surface area (TPSA) is 39.7 Å². The molecule has 0 N–H and O–H groups in total. The third kappa shape index (κ3) is 2.89. The summed E-state index contributed by atoms with van der Waals surface area (Å²) in [6.45, 7) is 2.45. The zero-order valence-electron chi connectivity index (χ0n) is 15.0. The van der Waals surface area contributed by atoms with E-state index >= 15 is 0 Å². The molecule has 5 nitrogen and oxygen atoms in total. The number of likely N-dealkylation sites (tertiary alicyclic amines) is 1. The first-order valence-electron chi connectivity index (χ1n) is 8.93. The molecule has 0 spiro atoms. The Balaban J connectivity index is 1.65. The molecule has 0 aliphatic carbocycles. The fraction of sp³-hybridized carbons (Fsp3) is 0.400. The van der Waals surface area contributed by atoms with Crippen LogP contribution in [-0.4, -0.2) is 54.5 Å². The van der Waals surface area contributed by atoms with Gasteiger partial charge in [-0.2, -0.15) is 0 Å². The fourth-order valence-corrected chi connectivity index (χ4v) is 4.38. The van der Waals surface area contributed by atoms with Crippen LogP contribution >= 0.6 is 0 Å². The predicted octanol–water partition coefficient (Wildman–Crippen LogP) is 3.01. The Hall–Kier alpha value is -2.63. The summed E-state index contributed by atoms with van der Waals surface area (Å²) >= 11 is 0. The SMILES string of the molecule is CN(C)C(=O)N1C[C@H]2CN(c3ccncc3)C[C@H]2[C@H]1c1cccc(F)c1. The standard InChI is InChI=1S/C20H23FN4O/c1-23(2)20(26)25-12-15-11-24(17-6-8-22-9-7-17)13-18(15)19(25)14-4-3-5-16(21)10-14/h3-10,15,18-19H,11-13H2,1-2H3/t15-,18-,19-/m1/s1. The molecular formula is C20H23FN4O. The summed E-state index contributed by atoms with van der Waals surface area (Å²) in [4.78, 5) is 22.7. The lowest BCUT2D eigenvalue weighted by molar-refractivity contribution is 0.159. The number of benzene rings is 1. The molecule has 2 aliphatic rings. The number of urea groups is 1. The van der Waals surface area contributed by atoms with Crippen molar-refractivity contribution >= 4 is 11.7 Å². The van der Waals surface area contributed by atoms with Crippen LogP contribution in [0, 0.1) is 17.7 Å². The van der Waals surface area contributed by atoms with E-state index in [9.17, 15) is 9.18 Å². The molecule has 3 heterocycles. The summed E-state index contributed by atoms with van der Waals surface area (Å²) in [6, 6.07) is 10.6. The minimum absolute atomic E-state index is 0.0101. The summed E-state index contributed by atoms with van der Waals surface area (Å²) in [5.74, 6) is 0.404. The number of amides is 2. The minimum atomic E-state index is -0.257. The van der Waals surface area contributed by atoms with Crippen LogP contribution in [0.4, 0.5) is 14.9 Å². The maximum Gasteiger partial charge on any atom is 0.320 e. The van der Waals surface area contributed by atoms with E-state index in [1.54, 1.807) is 43.5 Å². The molecule has 2 aliphatic heterocycles. The van der Waals surface area contributed by atoms with Crippen LogP contribution in [0.1, 0.15) is 11.6 Å². The van der Waals surface area contributed by atoms with E-state index in [0.717, 1.165) is 24.3 Å². The summed E-state index contributed by atoms with van der Waals surface area (Å²) < 4.78 is 13.9. The van der Waals surface area contributed by atoms with Gasteiger partial charge in [-0.1, -0.05) is 12.1 Å². The summed E-state index contributed by atoms with van der Waals surface area (Å²) in [6.07, 6.45) is 3.60. The highest BCUT2D eigenvalue weighted by Crippen LogP contribution is 2.46. The van der Waals surface area contributed by atoms with Crippen molar-refractivity contribution in [2.45, 2.75) is 6.04 Å². The molecule has 0 saturated carbocycles. The molecule has 1 aromatic carbocycles. The zero-order valence-corrected chi connectivity index (χ0v) is 15.0. The van der Waals surface area contributed by atoms with Gasteiger partial charge in [-0.3, -0.25) is 4.98 Å². The number of halogens is 1. The minimum Gasteiger partial charge on any atom is -0.371 e. The van der Waals surface area contributed by atoms with Gasteiger partial charge >= 0.3 is 6.03 Å². The van der Waals surface area contributed by atoms with Crippen molar-refractivity contribution in [1.82, 2.24) is 14.8 Å². The maximum absolute atomic E-state index is 13.9. The second-order valence-corrected chi connectivity index (χ2v) is 7.36. The Morgan fingerprint density at radius 1 is 1.15 bits per heavy atom. The number of hydrogen-bond acceptors (Lipinski definition) is 3.